The van der Waals surface area contributed by atoms with Crippen molar-refractivity contribution in [2.24, 2.45) is 0 Å². The minimum absolute atomic E-state index is 0.0702. The van der Waals surface area contributed by atoms with Crippen LogP contribution in [0.5, 0.6) is 5.75 Å². The van der Waals surface area contributed by atoms with Crippen LogP contribution in [0.2, 0.25) is 0 Å². The molecular weight excluding hydrogens is 344 g/mol. The highest BCUT2D eigenvalue weighted by Crippen LogP contribution is 2.34. The average Bonchev–Trinajstić information content (AvgIpc) is 2.85. The molecule has 0 saturated carbocycles. The zero-order valence-electron chi connectivity index (χ0n) is 10.8. The molecule has 0 fully saturated rings. The van der Waals surface area contributed by atoms with E-state index in [0.29, 0.717) is 17.3 Å². The third kappa shape index (κ3) is 2.07. The summed E-state index contributed by atoms with van der Waals surface area (Å²) in [6.07, 6.45) is 0. The van der Waals surface area contributed by atoms with E-state index in [4.69, 9.17) is 4.74 Å². The predicted molar refractivity (Wildman–Crippen MR) is 73.9 cm³/mol. The molecule has 0 unspecified atom stereocenters. The van der Waals surface area contributed by atoms with Gasteiger partial charge in [-0.1, -0.05) is 15.9 Å². The monoisotopic (exact) mass is 352 g/mol. The van der Waals surface area contributed by atoms with Crippen molar-refractivity contribution in [2.75, 3.05) is 7.11 Å². The van der Waals surface area contributed by atoms with E-state index in [1.165, 1.54) is 11.7 Å². The van der Waals surface area contributed by atoms with E-state index in [1.807, 2.05) is 0 Å². The van der Waals surface area contributed by atoms with Gasteiger partial charge in [0.15, 0.2) is 17.2 Å². The molecule has 1 aromatic heterocycles. The number of hydrogen-bond donors (Lipinski definition) is 1. The fraction of sp³-hybridized carbons (Fsp3) is 0.154. The zero-order valence-corrected chi connectivity index (χ0v) is 12.4. The molecule has 1 aromatic carbocycles. The topological polar surface area (TPSA) is 90.7 Å². The minimum atomic E-state index is -1.26. The molecule has 3 rings (SSSR count). The van der Waals surface area contributed by atoms with Crippen molar-refractivity contribution in [2.45, 2.75) is 6.61 Å². The van der Waals surface area contributed by atoms with E-state index in [1.54, 1.807) is 18.2 Å². The van der Waals surface area contributed by atoms with Gasteiger partial charge in [-0.15, -0.1) is 0 Å². The van der Waals surface area contributed by atoms with Gasteiger partial charge in [0.05, 0.1) is 12.8 Å². The number of aromatic nitrogens is 2. The van der Waals surface area contributed by atoms with E-state index >= 15 is 0 Å². The second kappa shape index (κ2) is 4.88. The van der Waals surface area contributed by atoms with Crippen molar-refractivity contribution < 1.29 is 24.2 Å². The van der Waals surface area contributed by atoms with Crippen LogP contribution in [0.15, 0.2) is 22.7 Å². The van der Waals surface area contributed by atoms with Gasteiger partial charge in [-0.3, -0.25) is 4.57 Å². The Morgan fingerprint density at radius 2 is 2.24 bits per heavy atom. The van der Waals surface area contributed by atoms with Gasteiger partial charge < -0.3 is 14.6 Å². The van der Waals surface area contributed by atoms with Crippen LogP contribution in [-0.4, -0.2) is 33.7 Å². The molecule has 0 bridgehead atoms. The highest BCUT2D eigenvalue weighted by atomic mass is 79.9. The molecule has 1 N–H and O–H groups in total. The number of carboxylic acid groups (broad SMARTS) is 1. The fourth-order valence-electron chi connectivity index (χ4n) is 2.19. The maximum absolute atomic E-state index is 11.7. The van der Waals surface area contributed by atoms with Crippen LogP contribution in [0.25, 0.3) is 5.69 Å². The molecule has 0 amide bonds. The summed E-state index contributed by atoms with van der Waals surface area (Å²) in [6, 6.07) is 5.17. The molecule has 21 heavy (non-hydrogen) atoms. The summed E-state index contributed by atoms with van der Waals surface area (Å²) in [4.78, 5) is 27.3. The van der Waals surface area contributed by atoms with Crippen molar-refractivity contribution in [1.82, 2.24) is 9.55 Å². The third-order valence-corrected chi connectivity index (χ3v) is 3.54. The number of nitrogens with zero attached hydrogens (tertiary/aromatic N) is 2. The van der Waals surface area contributed by atoms with Gasteiger partial charge in [0.25, 0.3) is 0 Å². The summed E-state index contributed by atoms with van der Waals surface area (Å²) in [7, 11) is 1.17. The minimum Gasteiger partial charge on any atom is -0.483 e. The second-order valence-corrected chi connectivity index (χ2v) is 5.17. The summed E-state index contributed by atoms with van der Waals surface area (Å²) >= 11 is 3.32. The van der Waals surface area contributed by atoms with Crippen LogP contribution in [-0.2, 0) is 11.3 Å². The Labute approximate surface area is 127 Å². The molecule has 0 aliphatic carbocycles. The number of carboxylic acids is 1. The van der Waals surface area contributed by atoms with Crippen LogP contribution in [0.1, 0.15) is 26.8 Å². The first-order valence-corrected chi connectivity index (χ1v) is 6.68. The van der Waals surface area contributed by atoms with Gasteiger partial charge in [0.1, 0.15) is 12.4 Å². The smallest absolute Gasteiger partial charge is 0.359 e. The predicted octanol–water partition coefficient (Wildman–Crippen LogP) is 2.01. The summed E-state index contributed by atoms with van der Waals surface area (Å²) in [5, 5.41) is 9.42. The summed E-state index contributed by atoms with van der Waals surface area (Å²) in [5.41, 5.74) is 0.0441. The first kappa shape index (κ1) is 13.6. The van der Waals surface area contributed by atoms with Crippen LogP contribution in [0.4, 0.5) is 0 Å². The molecule has 0 spiro atoms. The zero-order chi connectivity index (χ0) is 15.1. The molecule has 1 aliphatic heterocycles. The molecule has 7 nitrogen and oxygen atoms in total. The van der Waals surface area contributed by atoms with Crippen molar-refractivity contribution >= 4 is 27.9 Å². The molecule has 1 aliphatic rings. The van der Waals surface area contributed by atoms with E-state index in [9.17, 15) is 14.7 Å². The number of carbonyl (C=O) groups excluding carboxylic acids is 1. The van der Waals surface area contributed by atoms with Crippen LogP contribution >= 0.6 is 15.9 Å². The largest absolute Gasteiger partial charge is 0.483 e. The van der Waals surface area contributed by atoms with Gasteiger partial charge in [-0.25, -0.2) is 14.6 Å². The van der Waals surface area contributed by atoms with E-state index in [0.717, 1.165) is 4.47 Å². The lowest BCUT2D eigenvalue weighted by Crippen LogP contribution is -2.18. The standard InChI is InChI=1S/C13H9BrN2O5/c1-20-13(19)10-11(12(17)18)16-7-3-2-6(14)4-8(7)21-5-9(16)15-10/h2-4H,5H2,1H3,(H,17,18). The van der Waals surface area contributed by atoms with Gasteiger partial charge in [0.2, 0.25) is 0 Å². The maximum atomic E-state index is 11.7. The number of fused-ring (bicyclic) bond motifs is 3. The van der Waals surface area contributed by atoms with E-state index < -0.39 is 11.9 Å². The lowest BCUT2D eigenvalue weighted by Gasteiger charge is -2.20. The van der Waals surface area contributed by atoms with Gasteiger partial charge in [0, 0.05) is 4.47 Å². The fourth-order valence-corrected chi connectivity index (χ4v) is 2.53. The first-order valence-electron chi connectivity index (χ1n) is 5.89. The first-order chi connectivity index (χ1) is 10.0. The highest BCUT2D eigenvalue weighted by molar-refractivity contribution is 9.10. The number of hydrogen-bond acceptors (Lipinski definition) is 5. The van der Waals surface area contributed by atoms with E-state index in [-0.39, 0.29) is 18.0 Å². The number of methoxy groups -OCH3 is 1. The summed E-state index contributed by atoms with van der Waals surface area (Å²) in [6.45, 7) is 0.0702. The van der Waals surface area contributed by atoms with E-state index in [2.05, 4.69) is 25.7 Å². The molecule has 0 saturated heterocycles. The number of carbonyl (C=O) groups is 2. The third-order valence-electron chi connectivity index (χ3n) is 3.05. The second-order valence-electron chi connectivity index (χ2n) is 4.26. The van der Waals surface area contributed by atoms with Crippen molar-refractivity contribution in [3.05, 3.63) is 39.9 Å². The lowest BCUT2D eigenvalue weighted by atomic mass is 10.2. The number of esters is 1. The number of imidazole rings is 1. The summed E-state index contributed by atoms with van der Waals surface area (Å²) in [5.74, 6) is -1.21. The highest BCUT2D eigenvalue weighted by Gasteiger charge is 2.32. The van der Waals surface area contributed by atoms with Gasteiger partial charge >= 0.3 is 11.9 Å². The van der Waals surface area contributed by atoms with Gasteiger partial charge in [-0.2, -0.15) is 0 Å². The van der Waals surface area contributed by atoms with Crippen LogP contribution in [0, 0.1) is 0 Å². The average molecular weight is 353 g/mol. The molecule has 0 atom stereocenters. The van der Waals surface area contributed by atoms with Crippen LogP contribution < -0.4 is 4.74 Å². The quantitative estimate of drug-likeness (QED) is 0.831. The van der Waals surface area contributed by atoms with Crippen molar-refractivity contribution in [3.8, 4) is 11.4 Å². The molecule has 108 valence electrons. The Kier molecular flexibility index (Phi) is 3.17. The molecule has 8 heteroatoms. The lowest BCUT2D eigenvalue weighted by molar-refractivity contribution is 0.0575. The Bertz CT molecular complexity index is 768. The SMILES string of the molecule is COC(=O)c1nc2n(c1C(=O)O)-c1ccc(Br)cc1OC2. The Hall–Kier alpha value is -2.35. The number of aromatic carboxylic acids is 1. The molecule has 2 heterocycles. The molecule has 0 radical (unpaired) electrons. The Morgan fingerprint density at radius 3 is 2.90 bits per heavy atom. The summed E-state index contributed by atoms with van der Waals surface area (Å²) < 4.78 is 12.3. The van der Waals surface area contributed by atoms with Crippen molar-refractivity contribution in [1.29, 1.82) is 0 Å². The number of ether oxygens (including phenoxy) is 2. The van der Waals surface area contributed by atoms with Gasteiger partial charge in [-0.05, 0) is 18.2 Å². The number of benzene rings is 1. The molecular formula is C13H9BrN2O5. The normalized spacial score (nSPS) is 12.1. The molecule has 2 aromatic rings. The number of halogens is 1. The Balaban J connectivity index is 2.29. The Morgan fingerprint density at radius 1 is 1.48 bits per heavy atom. The van der Waals surface area contributed by atoms with Crippen molar-refractivity contribution in [3.63, 3.8) is 0 Å². The maximum Gasteiger partial charge on any atom is 0.359 e. The van der Waals surface area contributed by atoms with Crippen LogP contribution in [0.3, 0.4) is 0 Å². The number of rotatable bonds is 2.